The van der Waals surface area contributed by atoms with Crippen molar-refractivity contribution in [2.75, 3.05) is 19.0 Å². The van der Waals surface area contributed by atoms with Crippen LogP contribution in [0.25, 0.3) is 0 Å². The second-order valence-electron chi connectivity index (χ2n) is 7.14. The van der Waals surface area contributed by atoms with Crippen LogP contribution in [-0.2, 0) is 33.4 Å². The molecule has 0 spiro atoms. The zero-order valence-electron chi connectivity index (χ0n) is 19.2. The van der Waals surface area contributed by atoms with Crippen molar-refractivity contribution >= 4 is 47.2 Å². The van der Waals surface area contributed by atoms with Crippen LogP contribution >= 0.6 is 11.8 Å². The number of esters is 2. The molecule has 13 heteroatoms. The van der Waals surface area contributed by atoms with Gasteiger partial charge in [-0.05, 0) is 6.92 Å². The maximum Gasteiger partial charge on any atom is 0.352 e. The van der Waals surface area contributed by atoms with Crippen molar-refractivity contribution in [1.29, 1.82) is 0 Å². The van der Waals surface area contributed by atoms with Gasteiger partial charge in [-0.15, -0.1) is 11.8 Å². The number of fused-ring (bicyclic) bond motifs is 1. The lowest BCUT2D eigenvalue weighted by Crippen LogP contribution is -2.71. The predicted octanol–water partition coefficient (Wildman–Crippen LogP) is 0.736. The van der Waals surface area contributed by atoms with Crippen LogP contribution in [-0.4, -0.2) is 81.0 Å². The summed E-state index contributed by atoms with van der Waals surface area (Å²) < 4.78 is 9.27. The second-order valence-corrected chi connectivity index (χ2v) is 8.24. The first kappa shape index (κ1) is 27.4. The van der Waals surface area contributed by atoms with Crippen LogP contribution < -0.4 is 5.32 Å². The molecule has 2 aliphatic heterocycles. The average Bonchev–Trinajstić information content (AvgIpc) is 2.81. The van der Waals surface area contributed by atoms with Crippen molar-refractivity contribution < 1.29 is 43.8 Å². The molecule has 0 aromatic heterocycles. The Bertz CT molecular complexity index is 1060. The first-order chi connectivity index (χ1) is 16.6. The van der Waals surface area contributed by atoms with Crippen LogP contribution in [0.1, 0.15) is 26.3 Å². The largest absolute Gasteiger partial charge is 0.477 e. The summed E-state index contributed by atoms with van der Waals surface area (Å²) in [5, 5.41) is 23.6. The third-order valence-corrected chi connectivity index (χ3v) is 6.04. The van der Waals surface area contributed by atoms with Gasteiger partial charge in [-0.1, -0.05) is 35.5 Å². The van der Waals surface area contributed by atoms with Gasteiger partial charge in [-0.25, -0.2) is 4.79 Å². The van der Waals surface area contributed by atoms with Gasteiger partial charge >= 0.3 is 17.9 Å². The zero-order chi connectivity index (χ0) is 26.1. The van der Waals surface area contributed by atoms with Crippen LogP contribution in [0.3, 0.4) is 0 Å². The van der Waals surface area contributed by atoms with Gasteiger partial charge in [0.25, 0.3) is 11.8 Å². The van der Waals surface area contributed by atoms with E-state index in [1.807, 2.05) is 0 Å². The van der Waals surface area contributed by atoms with E-state index in [1.54, 1.807) is 37.3 Å². The van der Waals surface area contributed by atoms with Crippen LogP contribution in [0.5, 0.6) is 0 Å². The highest BCUT2D eigenvalue weighted by molar-refractivity contribution is 8.00. The highest BCUT2D eigenvalue weighted by Gasteiger charge is 2.54. The molecule has 0 unspecified atom stereocenters. The van der Waals surface area contributed by atoms with Crippen molar-refractivity contribution in [2.45, 2.75) is 32.2 Å². The van der Waals surface area contributed by atoms with Gasteiger partial charge in [0, 0.05) is 30.7 Å². The van der Waals surface area contributed by atoms with Crippen molar-refractivity contribution in [1.82, 2.24) is 10.2 Å². The summed E-state index contributed by atoms with van der Waals surface area (Å²) in [7, 11) is 0. The number of carbonyl (C=O) groups excluding carboxylic acids is 4. The quantitative estimate of drug-likeness (QED) is 0.157. The van der Waals surface area contributed by atoms with Gasteiger partial charge in [0.05, 0.1) is 6.61 Å². The Labute approximate surface area is 204 Å². The molecular weight excluding hydrogens is 482 g/mol. The molecule has 0 radical (unpaired) electrons. The molecular formula is C22H25N3O9S. The highest BCUT2D eigenvalue weighted by Crippen LogP contribution is 2.40. The lowest BCUT2D eigenvalue weighted by atomic mass is 10.0. The number of ether oxygens (including phenoxy) is 2. The maximum absolute atomic E-state index is 12.6. The Balaban J connectivity index is 0.000000641. The number of nitrogens with one attached hydrogen (secondary N) is 1. The highest BCUT2D eigenvalue weighted by atomic mass is 32.2. The molecule has 3 N–H and O–H groups in total. The van der Waals surface area contributed by atoms with Crippen molar-refractivity contribution in [3.05, 3.63) is 47.2 Å². The minimum Gasteiger partial charge on any atom is -0.477 e. The third-order valence-electron chi connectivity index (χ3n) is 4.70. The lowest BCUT2D eigenvalue weighted by Gasteiger charge is -2.49. The summed E-state index contributed by atoms with van der Waals surface area (Å²) >= 11 is 1.24. The van der Waals surface area contributed by atoms with E-state index in [0.29, 0.717) is 17.7 Å². The Kier molecular flexibility index (Phi) is 9.82. The normalized spacial score (nSPS) is 18.9. The van der Waals surface area contributed by atoms with Crippen LogP contribution in [0.2, 0.25) is 0 Å². The number of β-lactam (4-membered cyclic amide) rings is 1. The molecule has 35 heavy (non-hydrogen) atoms. The van der Waals surface area contributed by atoms with Gasteiger partial charge < -0.3 is 25.1 Å². The molecule has 1 fully saturated rings. The van der Waals surface area contributed by atoms with Gasteiger partial charge in [-0.2, -0.15) is 0 Å². The van der Waals surface area contributed by atoms with Crippen molar-refractivity contribution in [2.24, 2.45) is 5.16 Å². The maximum atomic E-state index is 12.6. The molecule has 188 valence electrons. The molecule has 1 aromatic rings. The van der Waals surface area contributed by atoms with Gasteiger partial charge in [0.15, 0.2) is 5.71 Å². The Morgan fingerprint density at radius 3 is 2.26 bits per heavy atom. The average molecular weight is 508 g/mol. The van der Waals surface area contributed by atoms with E-state index in [0.717, 1.165) is 4.90 Å². The van der Waals surface area contributed by atoms with Crippen LogP contribution in [0.15, 0.2) is 46.8 Å². The number of aliphatic carboxylic acids is 1. The molecule has 12 nitrogen and oxygen atoms in total. The molecule has 1 aromatic carbocycles. The molecule has 2 atom stereocenters. The summed E-state index contributed by atoms with van der Waals surface area (Å²) in [4.78, 5) is 58.6. The summed E-state index contributed by atoms with van der Waals surface area (Å²) in [6.07, 6.45) is 0. The number of benzene rings is 1. The lowest BCUT2D eigenvalue weighted by molar-refractivity contribution is -0.150. The monoisotopic (exact) mass is 507 g/mol. The van der Waals surface area contributed by atoms with Gasteiger partial charge in [0.2, 0.25) is 0 Å². The van der Waals surface area contributed by atoms with Crippen LogP contribution in [0, 0.1) is 0 Å². The van der Waals surface area contributed by atoms with Gasteiger partial charge in [0.1, 0.15) is 23.7 Å². The Morgan fingerprint density at radius 2 is 1.77 bits per heavy atom. The summed E-state index contributed by atoms with van der Waals surface area (Å²) in [6, 6.07) is 7.23. The standard InChI is InChI=1S/C18H17N3O7S.C4H8O2/c1-9(22)28-7-11-8-29-17-13(16(24)21(17)14(11)18(25)26)19-15(23)12(20-27)10-5-3-2-4-6-10;1-3-6-4(2)5/h2-6,13,17,27H,7-8H2,1H3,(H,19,23)(H,25,26);3H2,1-2H3/t13-,17+;/m1./s1. The predicted molar refractivity (Wildman–Crippen MR) is 123 cm³/mol. The van der Waals surface area contributed by atoms with E-state index in [1.165, 1.54) is 25.6 Å². The number of amides is 2. The summed E-state index contributed by atoms with van der Waals surface area (Å²) in [5.74, 6) is -3.25. The number of carboxylic acids is 1. The fourth-order valence-corrected chi connectivity index (χ4v) is 4.55. The minimum atomic E-state index is -1.32. The SMILES string of the molecule is CC(=O)OCC1=C(C(=O)O)N2C(=O)[C@@H](NC(=O)C(=NO)c3ccccc3)[C@@H]2SC1.CCOC(C)=O. The number of carbonyl (C=O) groups is 5. The number of thioether (sulfide) groups is 1. The number of carboxylic acid groups (broad SMARTS) is 1. The molecule has 0 aliphatic carbocycles. The van der Waals surface area contributed by atoms with E-state index in [9.17, 15) is 34.3 Å². The zero-order valence-corrected chi connectivity index (χ0v) is 20.0. The smallest absolute Gasteiger partial charge is 0.352 e. The minimum absolute atomic E-state index is 0.211. The topological polar surface area (TPSA) is 172 Å². The Morgan fingerprint density at radius 1 is 1.14 bits per heavy atom. The number of hydrogen-bond donors (Lipinski definition) is 3. The molecule has 0 bridgehead atoms. The second kappa shape index (κ2) is 12.6. The molecule has 3 rings (SSSR count). The number of hydrogen-bond acceptors (Lipinski definition) is 10. The van der Waals surface area contributed by atoms with Crippen LogP contribution in [0.4, 0.5) is 0 Å². The first-order valence-corrected chi connectivity index (χ1v) is 11.4. The van der Waals surface area contributed by atoms with E-state index >= 15 is 0 Å². The molecule has 2 heterocycles. The summed E-state index contributed by atoms with van der Waals surface area (Å²) in [6.45, 7) is 4.63. The molecule has 2 aliphatic rings. The summed E-state index contributed by atoms with van der Waals surface area (Å²) in [5.41, 5.74) is 0.156. The fourth-order valence-electron chi connectivity index (χ4n) is 3.23. The number of nitrogens with zero attached hydrogens (tertiary/aromatic N) is 2. The molecule has 0 saturated carbocycles. The third kappa shape index (κ3) is 6.82. The number of rotatable bonds is 7. The van der Waals surface area contributed by atoms with Gasteiger partial charge in [-0.3, -0.25) is 24.1 Å². The molecule has 1 saturated heterocycles. The molecule has 2 amide bonds. The van der Waals surface area contributed by atoms with E-state index in [2.05, 4.69) is 15.2 Å². The fraction of sp³-hybridized carbons (Fsp3) is 0.364. The van der Waals surface area contributed by atoms with Crippen molar-refractivity contribution in [3.8, 4) is 0 Å². The van der Waals surface area contributed by atoms with E-state index in [4.69, 9.17) is 4.74 Å². The first-order valence-electron chi connectivity index (χ1n) is 10.4. The van der Waals surface area contributed by atoms with Crippen molar-refractivity contribution in [3.63, 3.8) is 0 Å². The Hall–Kier alpha value is -3.87. The van der Waals surface area contributed by atoms with E-state index < -0.39 is 35.2 Å². The van der Waals surface area contributed by atoms with E-state index in [-0.39, 0.29) is 29.7 Å². The number of oxime groups is 1.